The maximum Gasteiger partial charge on any atom is 0.313 e. The molecule has 1 saturated heterocycles. The van der Waals surface area contributed by atoms with Crippen LogP contribution in [-0.4, -0.2) is 195 Å². The highest BCUT2D eigenvalue weighted by Gasteiger charge is 2.55. The molecular weight excluding hydrogens is 1100 g/mol. The van der Waals surface area contributed by atoms with Gasteiger partial charge in [-0.1, -0.05) is 30.3 Å². The SMILES string of the molecule is CC(=N)N(C(=N)C1CC2(CC(OCCOCCOCCOCCOC/C(C=NCCOCCOCCOCCOCCC(=O)Oc3c(F)cc(F)cc3F)=N/N)C2)C1)C(C)CC1CCC(C)N1CCC(c1ccccc1)C1CCC(F)(F)CC1. The minimum absolute atomic E-state index is 0.0173. The zero-order chi connectivity index (χ0) is 60.2. The number of aliphatic imine (C=N–C) groups is 1. The second-order valence-corrected chi connectivity index (χ2v) is 22.7. The first-order valence-electron chi connectivity index (χ1n) is 30.0. The molecule has 2 aromatic rings. The van der Waals surface area contributed by atoms with Crippen LogP contribution >= 0.6 is 0 Å². The third-order valence-electron chi connectivity index (χ3n) is 16.4. The van der Waals surface area contributed by atoms with E-state index in [0.29, 0.717) is 147 Å². The summed E-state index contributed by atoms with van der Waals surface area (Å²) < 4.78 is 123. The maximum atomic E-state index is 14.2. The van der Waals surface area contributed by atoms with E-state index in [0.717, 1.165) is 57.9 Å². The fourth-order valence-corrected chi connectivity index (χ4v) is 12.1. The molecule has 4 fully saturated rings. The van der Waals surface area contributed by atoms with E-state index in [1.54, 1.807) is 0 Å². The number of hydrogen-bond donors (Lipinski definition) is 3. The first-order valence-corrected chi connectivity index (χ1v) is 30.0. The number of alkyl halides is 2. The predicted octanol–water partition coefficient (Wildman–Crippen LogP) is 9.40. The van der Waals surface area contributed by atoms with Crippen molar-refractivity contribution in [3.63, 3.8) is 0 Å². The van der Waals surface area contributed by atoms with Crippen molar-refractivity contribution in [3.05, 3.63) is 65.5 Å². The Labute approximate surface area is 492 Å². The van der Waals surface area contributed by atoms with Crippen LogP contribution in [0.4, 0.5) is 22.0 Å². The third-order valence-corrected chi connectivity index (χ3v) is 16.4. The maximum absolute atomic E-state index is 14.2. The van der Waals surface area contributed by atoms with E-state index in [1.165, 1.54) is 11.8 Å². The number of carbonyl (C=O) groups excluding carboxylic acids is 1. The number of carbonyl (C=O) groups is 1. The minimum Gasteiger partial charge on any atom is -0.420 e. The lowest BCUT2D eigenvalue weighted by Gasteiger charge is -2.58. The lowest BCUT2D eigenvalue weighted by atomic mass is 9.50. The van der Waals surface area contributed by atoms with Crippen molar-refractivity contribution in [2.24, 2.45) is 33.2 Å². The summed E-state index contributed by atoms with van der Waals surface area (Å²) in [5.41, 5.74) is 1.97. The van der Waals surface area contributed by atoms with E-state index in [2.05, 4.69) is 57.8 Å². The Morgan fingerprint density at radius 1 is 0.762 bits per heavy atom. The molecule has 472 valence electrons. The van der Waals surface area contributed by atoms with Gasteiger partial charge in [0.15, 0.2) is 11.6 Å². The molecule has 3 saturated carbocycles. The molecule has 0 radical (unpaired) electrons. The van der Waals surface area contributed by atoms with Gasteiger partial charge < -0.3 is 58.1 Å². The van der Waals surface area contributed by atoms with Gasteiger partial charge in [-0.15, -0.1) is 0 Å². The van der Waals surface area contributed by atoms with E-state index >= 15 is 0 Å². The van der Waals surface area contributed by atoms with Crippen molar-refractivity contribution in [2.45, 2.75) is 140 Å². The summed E-state index contributed by atoms with van der Waals surface area (Å²) in [6.45, 7) is 13.4. The van der Waals surface area contributed by atoms with Crippen molar-refractivity contribution in [1.82, 2.24) is 9.80 Å². The van der Waals surface area contributed by atoms with Crippen LogP contribution in [0, 0.1) is 45.5 Å². The first kappa shape index (κ1) is 68.6. The number of nitrogens with zero attached hydrogens (tertiary/aromatic N) is 4. The van der Waals surface area contributed by atoms with E-state index < -0.39 is 35.1 Å². The van der Waals surface area contributed by atoms with Crippen LogP contribution < -0.4 is 10.6 Å². The summed E-state index contributed by atoms with van der Waals surface area (Å²) in [6, 6.07) is 12.2. The van der Waals surface area contributed by atoms with Gasteiger partial charge in [-0.2, -0.15) is 5.10 Å². The van der Waals surface area contributed by atoms with Gasteiger partial charge in [0.2, 0.25) is 11.7 Å². The molecule has 4 aliphatic rings. The van der Waals surface area contributed by atoms with Crippen molar-refractivity contribution in [2.75, 3.05) is 125 Å². The average Bonchev–Trinajstić information content (AvgIpc) is 1.12. The standard InChI is InChI=1S/C61H92F5N7O11/c1-44-9-10-52(72(44)18-13-54(47-7-5-4-6-8-47)48-11-15-61(65,66)16-12-48)35-45(2)73(46(3)67)59(68)49-38-60(39-49)40-53(41-60)83-34-33-81-30-29-79-27-28-80-31-32-82-43-51(71-69)42-70-17-20-76-22-24-78-26-25-77-23-21-75-19-14-57(74)84-58-55(63)36-50(62)37-56(58)64/h4-8,36-37,42,44-45,48-49,52-54,67-68H,9-35,38-41,43,69H2,1-3H3/b67-46?,68-59?,70-42?,71-51+. The average molecular weight is 1190 g/mol. The lowest BCUT2D eigenvalue weighted by molar-refractivity contribution is -0.136. The topological polar surface area (TPSA) is 214 Å². The summed E-state index contributed by atoms with van der Waals surface area (Å²) in [5.74, 6) is -1.01. The Morgan fingerprint density at radius 2 is 1.31 bits per heavy atom. The van der Waals surface area contributed by atoms with Crippen LogP contribution in [0.5, 0.6) is 5.75 Å². The number of hydrazone groups is 1. The molecule has 0 bridgehead atoms. The number of likely N-dealkylation sites (tertiary alicyclic amines) is 1. The van der Waals surface area contributed by atoms with Gasteiger partial charge in [-0.3, -0.25) is 25.5 Å². The summed E-state index contributed by atoms with van der Waals surface area (Å²) >= 11 is 0. The van der Waals surface area contributed by atoms with E-state index in [1.807, 2.05) is 17.9 Å². The van der Waals surface area contributed by atoms with Crippen LogP contribution in [0.1, 0.15) is 116 Å². The molecular formula is C61H92F5N7O11. The largest absolute Gasteiger partial charge is 0.420 e. The molecule has 4 unspecified atom stereocenters. The number of amidine groups is 2. The molecule has 84 heavy (non-hydrogen) atoms. The molecule has 1 spiro atoms. The van der Waals surface area contributed by atoms with Crippen LogP contribution in [0.2, 0.25) is 0 Å². The Morgan fingerprint density at radius 3 is 1.88 bits per heavy atom. The molecule has 0 amide bonds. The number of esters is 1. The smallest absolute Gasteiger partial charge is 0.313 e. The van der Waals surface area contributed by atoms with Gasteiger partial charge in [-0.05, 0) is 114 Å². The molecule has 23 heteroatoms. The quantitative estimate of drug-likeness (QED) is 0.00827. The fourth-order valence-electron chi connectivity index (χ4n) is 12.1. The molecule has 0 aromatic heterocycles. The van der Waals surface area contributed by atoms with Crippen LogP contribution in [-0.2, 0) is 47.4 Å². The second-order valence-electron chi connectivity index (χ2n) is 22.7. The predicted molar refractivity (Wildman–Crippen MR) is 309 cm³/mol. The number of halogens is 5. The molecule has 1 heterocycles. The summed E-state index contributed by atoms with van der Waals surface area (Å²) in [6.07, 6.45) is 10.6. The van der Waals surface area contributed by atoms with Crippen LogP contribution in [0.15, 0.2) is 52.6 Å². The Hall–Kier alpha value is -4.56. The van der Waals surface area contributed by atoms with Crippen molar-refractivity contribution >= 4 is 29.6 Å². The van der Waals surface area contributed by atoms with Gasteiger partial charge in [0.25, 0.3) is 0 Å². The highest BCUT2D eigenvalue weighted by atomic mass is 19.3. The van der Waals surface area contributed by atoms with E-state index in [4.69, 9.17) is 53.9 Å². The summed E-state index contributed by atoms with van der Waals surface area (Å²) in [4.78, 5) is 20.6. The Bertz CT molecular complexity index is 2300. The highest BCUT2D eigenvalue weighted by molar-refractivity contribution is 6.31. The van der Waals surface area contributed by atoms with Gasteiger partial charge in [-0.25, -0.2) is 22.0 Å². The number of nitrogens with one attached hydrogen (secondary N) is 2. The van der Waals surface area contributed by atoms with Crippen LogP contribution in [0.25, 0.3) is 0 Å². The number of hydrogen-bond acceptors (Lipinski definition) is 17. The summed E-state index contributed by atoms with van der Waals surface area (Å²) in [7, 11) is 0. The molecule has 6 rings (SSSR count). The van der Waals surface area contributed by atoms with Crippen LogP contribution in [0.3, 0.4) is 0 Å². The van der Waals surface area contributed by atoms with Crippen molar-refractivity contribution in [3.8, 4) is 5.75 Å². The van der Waals surface area contributed by atoms with Gasteiger partial charge in [0, 0.05) is 55.2 Å². The number of benzene rings is 2. The molecule has 4 N–H and O–H groups in total. The Balaban J connectivity index is 0.689. The normalized spacial score (nSPS) is 22.5. The number of rotatable bonds is 41. The molecule has 2 aromatic carbocycles. The van der Waals surface area contributed by atoms with Crippen molar-refractivity contribution < 1.29 is 74.1 Å². The second kappa shape index (κ2) is 36.6. The van der Waals surface area contributed by atoms with Gasteiger partial charge in [0.1, 0.15) is 17.4 Å². The zero-order valence-electron chi connectivity index (χ0n) is 49.5. The third kappa shape index (κ3) is 23.3. The molecule has 1 aliphatic heterocycles. The number of nitrogens with two attached hydrogens (primary N) is 1. The fraction of sp³-hybridized carbons (Fsp3) is 0.721. The lowest BCUT2D eigenvalue weighted by Crippen LogP contribution is -2.57. The molecule has 3 aliphatic carbocycles. The van der Waals surface area contributed by atoms with E-state index in [9.17, 15) is 32.2 Å². The number of ether oxygens (including phenoxy) is 10. The van der Waals surface area contributed by atoms with Gasteiger partial charge >= 0.3 is 5.97 Å². The monoisotopic (exact) mass is 1190 g/mol. The minimum atomic E-state index is -2.54. The Kier molecular flexibility index (Phi) is 29.8. The highest BCUT2D eigenvalue weighted by Crippen LogP contribution is 2.60. The van der Waals surface area contributed by atoms with Gasteiger partial charge in [0.05, 0.1) is 137 Å². The molecule has 18 nitrogen and oxygen atoms in total. The van der Waals surface area contributed by atoms with E-state index in [-0.39, 0.29) is 81.0 Å². The molecule has 4 atom stereocenters. The van der Waals surface area contributed by atoms with Crippen molar-refractivity contribution in [1.29, 1.82) is 10.8 Å². The zero-order valence-corrected chi connectivity index (χ0v) is 49.5. The summed E-state index contributed by atoms with van der Waals surface area (Å²) in [5, 5.41) is 21.8. The first-order chi connectivity index (χ1) is 40.6.